The largest absolute Gasteiger partial charge is 0.383 e. The lowest BCUT2D eigenvalue weighted by Gasteiger charge is -2.30. The predicted molar refractivity (Wildman–Crippen MR) is 135 cm³/mol. The van der Waals surface area contributed by atoms with Gasteiger partial charge in [0, 0.05) is 52.4 Å². The van der Waals surface area contributed by atoms with Gasteiger partial charge in [0.2, 0.25) is 10.0 Å². The van der Waals surface area contributed by atoms with Crippen LogP contribution < -0.4 is 5.73 Å². The van der Waals surface area contributed by atoms with Crippen LogP contribution >= 0.6 is 35.0 Å². The highest BCUT2D eigenvalue weighted by atomic mass is 35.5. The Morgan fingerprint density at radius 2 is 1.91 bits per heavy atom. The molecule has 4 rings (SSSR count). The maximum atomic E-state index is 14.0. The van der Waals surface area contributed by atoms with E-state index in [9.17, 15) is 12.8 Å². The smallest absolute Gasteiger partial charge is 0.211 e. The molecule has 7 nitrogen and oxygen atoms in total. The molecule has 0 bridgehead atoms. The van der Waals surface area contributed by atoms with Crippen molar-refractivity contribution in [2.24, 2.45) is 0 Å². The van der Waals surface area contributed by atoms with Crippen LogP contribution in [0.3, 0.4) is 0 Å². The lowest BCUT2D eigenvalue weighted by atomic mass is 10.1. The van der Waals surface area contributed by atoms with E-state index >= 15 is 0 Å². The average Bonchev–Trinajstić information content (AvgIpc) is 3.28. The molecule has 0 radical (unpaired) electrons. The predicted octanol–water partition coefficient (Wildman–Crippen LogP) is 5.42. The summed E-state index contributed by atoms with van der Waals surface area (Å²) in [5.41, 5.74) is 8.33. The monoisotopic (exact) mass is 543 g/mol. The van der Waals surface area contributed by atoms with Crippen molar-refractivity contribution in [3.8, 4) is 11.1 Å². The summed E-state index contributed by atoms with van der Waals surface area (Å²) in [7, 11) is -3.17. The van der Waals surface area contributed by atoms with Crippen molar-refractivity contribution >= 4 is 50.8 Å². The fourth-order valence-electron chi connectivity index (χ4n) is 4.00. The van der Waals surface area contributed by atoms with Gasteiger partial charge >= 0.3 is 0 Å². The van der Waals surface area contributed by atoms with E-state index < -0.39 is 15.8 Å². The third-order valence-corrected chi connectivity index (χ3v) is 9.06. The van der Waals surface area contributed by atoms with Crippen molar-refractivity contribution in [3.05, 3.63) is 58.2 Å². The quantitative estimate of drug-likeness (QED) is 0.329. The number of hydrogen-bond acceptors (Lipinski definition) is 6. The summed E-state index contributed by atoms with van der Waals surface area (Å²) >= 11 is 13.8. The summed E-state index contributed by atoms with van der Waals surface area (Å²) < 4.78 is 40.9. The number of nitrogen functional groups attached to an aromatic ring is 1. The summed E-state index contributed by atoms with van der Waals surface area (Å²) in [5, 5.41) is 4.62. The molecule has 1 fully saturated rings. The number of rotatable bonds is 6. The molecule has 1 atom stereocenters. The highest BCUT2D eigenvalue weighted by molar-refractivity contribution is 7.99. The summed E-state index contributed by atoms with van der Waals surface area (Å²) in [4.78, 5) is 5.05. The molecule has 1 saturated heterocycles. The second-order valence-electron chi connectivity index (χ2n) is 8.23. The van der Waals surface area contributed by atoms with E-state index in [1.165, 1.54) is 34.5 Å². The van der Waals surface area contributed by atoms with E-state index in [2.05, 4.69) is 10.1 Å². The van der Waals surface area contributed by atoms with E-state index in [0.717, 1.165) is 16.0 Å². The van der Waals surface area contributed by atoms with Crippen LogP contribution in [0.2, 0.25) is 10.0 Å². The Hall–Kier alpha value is -1.85. The molecule has 1 aromatic carbocycles. The number of hydrogen-bond donors (Lipinski definition) is 1. The number of sulfonamides is 1. The second-order valence-corrected chi connectivity index (χ2v) is 12.4. The normalized spacial score (nSPS) is 16.6. The Kier molecular flexibility index (Phi) is 7.44. The molecule has 2 aromatic heterocycles. The zero-order valence-corrected chi connectivity index (χ0v) is 21.7. The van der Waals surface area contributed by atoms with Gasteiger partial charge in [0.1, 0.15) is 11.6 Å². The number of nitrogens with zero attached hydrogens (tertiary/aromatic N) is 4. The topological polar surface area (TPSA) is 94.1 Å². The van der Waals surface area contributed by atoms with Crippen LogP contribution in [0.5, 0.6) is 0 Å². The highest BCUT2D eigenvalue weighted by Crippen LogP contribution is 2.44. The first-order chi connectivity index (χ1) is 16.0. The van der Waals surface area contributed by atoms with E-state index in [-0.39, 0.29) is 16.3 Å². The van der Waals surface area contributed by atoms with E-state index in [4.69, 9.17) is 28.9 Å². The molecule has 0 saturated carbocycles. The molecule has 182 valence electrons. The number of nitrogens with two attached hydrogens (primary N) is 1. The van der Waals surface area contributed by atoms with Gasteiger partial charge in [-0.15, -0.1) is 11.8 Å². The number of halogens is 3. The first-order valence-electron chi connectivity index (χ1n) is 10.6. The van der Waals surface area contributed by atoms with Crippen LogP contribution in [0.25, 0.3) is 11.1 Å². The first-order valence-corrected chi connectivity index (χ1v) is 14.1. The zero-order valence-electron chi connectivity index (χ0n) is 18.6. The van der Waals surface area contributed by atoms with Crippen LogP contribution in [0.15, 0.2) is 41.7 Å². The van der Waals surface area contributed by atoms with Crippen molar-refractivity contribution < 1.29 is 12.8 Å². The summed E-state index contributed by atoms with van der Waals surface area (Å²) in [6.07, 6.45) is 8.00. The van der Waals surface area contributed by atoms with Crippen molar-refractivity contribution in [2.45, 2.75) is 36.0 Å². The minimum Gasteiger partial charge on any atom is -0.383 e. The van der Waals surface area contributed by atoms with Crippen molar-refractivity contribution in [3.63, 3.8) is 0 Å². The lowest BCUT2D eigenvalue weighted by Crippen LogP contribution is -2.38. The highest BCUT2D eigenvalue weighted by Gasteiger charge is 2.26. The lowest BCUT2D eigenvalue weighted by molar-refractivity contribution is 0.262. The number of anilines is 1. The van der Waals surface area contributed by atoms with Crippen LogP contribution in [-0.2, 0) is 10.0 Å². The third-order valence-electron chi connectivity index (χ3n) is 5.87. The zero-order chi connectivity index (χ0) is 24.6. The van der Waals surface area contributed by atoms with Gasteiger partial charge in [-0.25, -0.2) is 22.1 Å². The van der Waals surface area contributed by atoms with Gasteiger partial charge in [-0.1, -0.05) is 23.2 Å². The Morgan fingerprint density at radius 3 is 2.59 bits per heavy atom. The molecule has 1 aliphatic heterocycles. The van der Waals surface area contributed by atoms with Gasteiger partial charge < -0.3 is 5.73 Å². The number of aromatic nitrogens is 3. The molecule has 3 heterocycles. The molecular formula is C22H24Cl2FN5O2S2. The average molecular weight is 545 g/mol. The van der Waals surface area contributed by atoms with E-state index in [1.54, 1.807) is 12.4 Å². The third kappa shape index (κ3) is 5.36. The Morgan fingerprint density at radius 1 is 1.21 bits per heavy atom. The Balaban J connectivity index is 1.52. The van der Waals surface area contributed by atoms with Gasteiger partial charge in [-0.3, -0.25) is 4.68 Å². The minimum atomic E-state index is -3.17. The molecule has 1 unspecified atom stereocenters. The molecule has 0 spiro atoms. The molecule has 1 aliphatic rings. The molecule has 0 aliphatic carbocycles. The van der Waals surface area contributed by atoms with Crippen LogP contribution in [-0.4, -0.2) is 46.8 Å². The Bertz CT molecular complexity index is 1310. The van der Waals surface area contributed by atoms with Gasteiger partial charge in [-0.05, 0) is 38.0 Å². The Labute approximate surface area is 212 Å². The number of pyridine rings is 1. The summed E-state index contributed by atoms with van der Waals surface area (Å²) in [6.45, 7) is 2.84. The van der Waals surface area contributed by atoms with E-state index in [1.807, 2.05) is 23.9 Å². The molecule has 0 amide bonds. The SMILES string of the molecule is CC(Sc1cc(-c2cnn(C3CCN(S(C)(=O)=O)CC3)c2)cnc1N)c1c(Cl)ccc(F)c1Cl. The number of piperidine rings is 1. The van der Waals surface area contributed by atoms with Crippen LogP contribution in [0.1, 0.15) is 36.6 Å². The maximum absolute atomic E-state index is 14.0. The minimum absolute atomic E-state index is 0.00150. The summed E-state index contributed by atoms with van der Waals surface area (Å²) in [6, 6.07) is 4.77. The molecule has 3 aromatic rings. The van der Waals surface area contributed by atoms with Crippen molar-refractivity contribution in [1.29, 1.82) is 0 Å². The van der Waals surface area contributed by atoms with E-state index in [0.29, 0.717) is 42.3 Å². The molecule has 2 N–H and O–H groups in total. The fourth-order valence-corrected chi connectivity index (χ4v) is 6.81. The second kappa shape index (κ2) is 10.0. The van der Waals surface area contributed by atoms with Crippen LogP contribution in [0, 0.1) is 5.82 Å². The fraction of sp³-hybridized carbons (Fsp3) is 0.364. The van der Waals surface area contributed by atoms with Gasteiger partial charge in [0.05, 0.1) is 28.4 Å². The molecule has 34 heavy (non-hydrogen) atoms. The maximum Gasteiger partial charge on any atom is 0.211 e. The first kappa shape index (κ1) is 25.2. The van der Waals surface area contributed by atoms with Crippen molar-refractivity contribution in [2.75, 3.05) is 25.1 Å². The van der Waals surface area contributed by atoms with Gasteiger partial charge in [0.25, 0.3) is 0 Å². The number of benzene rings is 1. The summed E-state index contributed by atoms with van der Waals surface area (Å²) in [5.74, 6) is -0.173. The molecular weight excluding hydrogens is 520 g/mol. The van der Waals surface area contributed by atoms with Crippen LogP contribution in [0.4, 0.5) is 10.2 Å². The molecule has 12 heteroatoms. The standard InChI is InChI=1S/C22H24Cl2FN5O2S2/c1-13(20-17(23)3-4-18(25)21(20)24)33-19-9-14(10-27-22(19)26)15-11-28-30(12-15)16-5-7-29(8-6-16)34(2,31)32/h3-4,9-13,16H,5-8H2,1-2H3,(H2,26,27). The van der Waals surface area contributed by atoms with Gasteiger partial charge in [-0.2, -0.15) is 5.10 Å². The van der Waals surface area contributed by atoms with Crippen molar-refractivity contribution in [1.82, 2.24) is 19.1 Å². The van der Waals surface area contributed by atoms with Gasteiger partial charge in [0.15, 0.2) is 0 Å². The number of thioether (sulfide) groups is 1.